The first-order chi connectivity index (χ1) is 15.5. The Morgan fingerprint density at radius 3 is 2.64 bits per heavy atom. The molecule has 3 heterocycles. The Balaban J connectivity index is 1.67. The van der Waals surface area contributed by atoms with Crippen molar-refractivity contribution in [1.29, 1.82) is 0 Å². The number of hydrogen-bond acceptors (Lipinski definition) is 3. The van der Waals surface area contributed by atoms with Gasteiger partial charge in [0.1, 0.15) is 5.58 Å². The van der Waals surface area contributed by atoms with Gasteiger partial charge < -0.3 is 4.42 Å². The minimum Gasteiger partial charge on any atom is -0.437 e. The summed E-state index contributed by atoms with van der Waals surface area (Å²) in [6.07, 6.45) is -1.58. The topological polar surface area (TPSA) is 38.9 Å². The van der Waals surface area contributed by atoms with Crippen LogP contribution in [0.3, 0.4) is 0 Å². The first kappa shape index (κ1) is 12.7. The van der Waals surface area contributed by atoms with Gasteiger partial charge >= 0.3 is 0 Å². The van der Waals surface area contributed by atoms with Gasteiger partial charge in [0.05, 0.1) is 5.69 Å². The van der Waals surface area contributed by atoms with Gasteiger partial charge in [-0.25, -0.2) is 4.98 Å². The Labute approximate surface area is 172 Å². The average Bonchev–Trinajstić information content (AvgIpc) is 3.15. The van der Waals surface area contributed by atoms with Crippen LogP contribution < -0.4 is 0 Å². The second kappa shape index (κ2) is 7.05. The maximum atomic E-state index is 8.94. The lowest BCUT2D eigenvalue weighted by molar-refractivity contribution is 0.436. The minimum atomic E-state index is -2.12. The summed E-state index contributed by atoms with van der Waals surface area (Å²) in [4.78, 5) is 9.14. The number of nitrogens with zero attached hydrogens (tertiary/aromatic N) is 2. The summed E-state index contributed by atoms with van der Waals surface area (Å²) in [6.45, 7) is 4.24. The van der Waals surface area contributed by atoms with Gasteiger partial charge in [-0.05, 0) is 48.5 Å². The maximum Gasteiger partial charge on any atom is 0.227 e. The van der Waals surface area contributed by atoms with Crippen molar-refractivity contribution in [3.63, 3.8) is 0 Å². The highest BCUT2D eigenvalue weighted by molar-refractivity contribution is 6.08. The number of rotatable bonds is 3. The molecule has 0 atom stereocenters. The van der Waals surface area contributed by atoms with E-state index in [0.29, 0.717) is 17.9 Å². The molecule has 0 unspecified atom stereocenters. The highest BCUT2D eigenvalue weighted by Crippen LogP contribution is 2.37. The number of benzene rings is 1. The van der Waals surface area contributed by atoms with E-state index in [4.69, 9.17) is 11.3 Å². The number of para-hydroxylation sites is 1. The highest BCUT2D eigenvalue weighted by atomic mass is 16.3. The van der Waals surface area contributed by atoms with E-state index in [1.54, 1.807) is 12.1 Å². The van der Waals surface area contributed by atoms with E-state index in [2.05, 4.69) is 29.9 Å². The summed E-state index contributed by atoms with van der Waals surface area (Å²) >= 11 is 0. The van der Waals surface area contributed by atoms with Crippen molar-refractivity contribution in [2.75, 3.05) is 0 Å². The number of fused-ring (bicyclic) bond motifs is 3. The van der Waals surface area contributed by atoms with Gasteiger partial charge in [0, 0.05) is 41.0 Å². The Kier molecular flexibility index (Phi) is 3.20. The first-order valence-electron chi connectivity index (χ1n) is 12.3. The predicted octanol–water partition coefficient (Wildman–Crippen LogP) is 7.21. The molecule has 0 amide bonds. The summed E-state index contributed by atoms with van der Waals surface area (Å²) < 4.78 is 48.9. The molecule has 1 fully saturated rings. The van der Waals surface area contributed by atoms with Gasteiger partial charge in [-0.3, -0.25) is 4.98 Å². The lowest BCUT2D eigenvalue weighted by Crippen LogP contribution is -2.06. The first-order valence-corrected chi connectivity index (χ1v) is 9.84. The van der Waals surface area contributed by atoms with Crippen LogP contribution in [-0.4, -0.2) is 9.97 Å². The van der Waals surface area contributed by atoms with Gasteiger partial charge in [0.2, 0.25) is 5.71 Å². The van der Waals surface area contributed by atoms with Crippen LogP contribution in [0.25, 0.3) is 33.3 Å². The van der Waals surface area contributed by atoms with Crippen LogP contribution in [0, 0.1) is 0 Å². The van der Waals surface area contributed by atoms with E-state index in [-0.39, 0.29) is 24.2 Å². The third kappa shape index (κ3) is 2.99. The third-order valence-electron chi connectivity index (χ3n) is 5.31. The number of furan rings is 1. The van der Waals surface area contributed by atoms with Gasteiger partial charge in [-0.2, -0.15) is 0 Å². The minimum absolute atomic E-state index is 0.0599. The molecular weight excluding hydrogens is 344 g/mol. The van der Waals surface area contributed by atoms with E-state index >= 15 is 0 Å². The second-order valence-electron chi connectivity index (χ2n) is 7.55. The zero-order valence-corrected chi connectivity index (χ0v) is 16.1. The van der Waals surface area contributed by atoms with Crippen LogP contribution >= 0.6 is 0 Å². The lowest BCUT2D eigenvalue weighted by Gasteiger charge is -2.20. The zero-order chi connectivity index (χ0) is 23.6. The fraction of sp³-hybridized carbons (Fsp3) is 0.360. The molecule has 1 aromatic carbocycles. The Morgan fingerprint density at radius 1 is 1.04 bits per heavy atom. The van der Waals surface area contributed by atoms with E-state index < -0.39 is 18.6 Å². The van der Waals surface area contributed by atoms with Crippen molar-refractivity contribution in [1.82, 2.24) is 9.97 Å². The average molecular weight is 376 g/mol. The largest absolute Gasteiger partial charge is 0.437 e. The number of aromatic nitrogens is 2. The van der Waals surface area contributed by atoms with Gasteiger partial charge in [0.25, 0.3) is 0 Å². The molecule has 1 aliphatic carbocycles. The van der Waals surface area contributed by atoms with Crippen molar-refractivity contribution in [3.8, 4) is 11.3 Å². The smallest absolute Gasteiger partial charge is 0.227 e. The molecule has 0 saturated heterocycles. The fourth-order valence-corrected chi connectivity index (χ4v) is 3.68. The van der Waals surface area contributed by atoms with Crippen molar-refractivity contribution >= 4 is 22.1 Å². The lowest BCUT2D eigenvalue weighted by atomic mass is 9.86. The van der Waals surface area contributed by atoms with Crippen LogP contribution in [0.15, 0.2) is 53.1 Å². The normalized spacial score (nSPS) is 23.0. The highest BCUT2D eigenvalue weighted by Gasteiger charge is 2.19. The summed E-state index contributed by atoms with van der Waals surface area (Å²) in [5.41, 5.74) is 3.71. The summed E-state index contributed by atoms with van der Waals surface area (Å²) in [6, 6.07) is 13.2. The molecule has 28 heavy (non-hydrogen) atoms. The standard InChI is InChI=1S/C25H26N2O/c1-16(2)18-11-13-23(26-15-18)21-10-6-9-19-20-12-14-22(17-7-4-3-5-8-17)27-25(20)28-24(19)21/h6,9-17H,3-5,7-8H2,1-2H3/i7D2,8D2,17D. The number of hydrogen-bond donors (Lipinski definition) is 0. The number of pyridine rings is 2. The molecule has 1 aliphatic rings. The molecule has 3 heteroatoms. The van der Waals surface area contributed by atoms with Crippen LogP contribution in [0.5, 0.6) is 0 Å². The van der Waals surface area contributed by atoms with Crippen molar-refractivity contribution in [3.05, 3.63) is 59.9 Å². The monoisotopic (exact) mass is 375 g/mol. The van der Waals surface area contributed by atoms with Crippen LogP contribution in [-0.2, 0) is 0 Å². The van der Waals surface area contributed by atoms with Crippen molar-refractivity contribution < 1.29 is 11.3 Å². The van der Waals surface area contributed by atoms with Crippen molar-refractivity contribution in [2.24, 2.45) is 0 Å². The molecule has 4 aromatic rings. The molecule has 5 rings (SSSR count). The molecule has 0 aliphatic heterocycles. The van der Waals surface area contributed by atoms with Gasteiger partial charge in [-0.15, -0.1) is 0 Å². The van der Waals surface area contributed by atoms with Crippen molar-refractivity contribution in [2.45, 2.75) is 57.7 Å². The zero-order valence-electron chi connectivity index (χ0n) is 21.1. The molecule has 3 aromatic heterocycles. The van der Waals surface area contributed by atoms with Gasteiger partial charge in [-0.1, -0.05) is 51.3 Å². The fourth-order valence-electron chi connectivity index (χ4n) is 3.68. The molecule has 0 bridgehead atoms. The van der Waals surface area contributed by atoms with E-state index in [0.717, 1.165) is 27.6 Å². The second-order valence-corrected chi connectivity index (χ2v) is 7.55. The Morgan fingerprint density at radius 2 is 1.89 bits per heavy atom. The molecule has 0 spiro atoms. The molecule has 142 valence electrons. The molecule has 0 radical (unpaired) electrons. The van der Waals surface area contributed by atoms with E-state index in [1.165, 1.54) is 0 Å². The molecular formula is C25H26N2O. The Bertz CT molecular complexity index is 1330. The van der Waals surface area contributed by atoms with E-state index in [1.807, 2.05) is 30.5 Å². The third-order valence-corrected chi connectivity index (χ3v) is 5.31. The van der Waals surface area contributed by atoms with Crippen LogP contribution in [0.2, 0.25) is 0 Å². The maximum absolute atomic E-state index is 8.94. The van der Waals surface area contributed by atoms with Crippen LogP contribution in [0.1, 0.15) is 75.8 Å². The van der Waals surface area contributed by atoms with E-state index in [9.17, 15) is 0 Å². The predicted molar refractivity (Wildman–Crippen MR) is 115 cm³/mol. The summed E-state index contributed by atoms with van der Waals surface area (Å²) in [5, 5.41) is 1.60. The quantitative estimate of drug-likeness (QED) is 0.379. The molecule has 0 N–H and O–H groups in total. The molecule has 3 nitrogen and oxygen atoms in total. The van der Waals surface area contributed by atoms with Gasteiger partial charge in [0.15, 0.2) is 0 Å². The summed E-state index contributed by atoms with van der Waals surface area (Å²) in [5.74, 6) is -1.74. The molecule has 1 saturated carbocycles. The Hall–Kier alpha value is -2.68. The summed E-state index contributed by atoms with van der Waals surface area (Å²) in [7, 11) is 0. The van der Waals surface area contributed by atoms with Crippen LogP contribution in [0.4, 0.5) is 0 Å². The SMILES string of the molecule is [2H]C1([2H])CCCC([2H])([2H])C1([2H])c1ccc2c(n1)oc1c(-c3ccc(C(C)C)cn3)cccc12.